The first-order valence-electron chi connectivity index (χ1n) is 6.64. The first kappa shape index (κ1) is 14.3. The van der Waals surface area contributed by atoms with Gasteiger partial charge in [0.2, 0.25) is 0 Å². The Morgan fingerprint density at radius 2 is 1.65 bits per heavy atom. The SMILES string of the molecule is CC[Si](CC)(CC)OCCc1ccccc1N. The molecule has 0 aliphatic carbocycles. The van der Waals surface area contributed by atoms with Crippen LogP contribution in [0, 0.1) is 0 Å². The molecule has 0 heterocycles. The first-order chi connectivity index (χ1) is 8.17. The number of para-hydroxylation sites is 1. The minimum Gasteiger partial charge on any atom is -0.416 e. The molecule has 96 valence electrons. The summed E-state index contributed by atoms with van der Waals surface area (Å²) in [6.45, 7) is 7.60. The van der Waals surface area contributed by atoms with Gasteiger partial charge in [-0.15, -0.1) is 0 Å². The molecule has 3 heteroatoms. The fourth-order valence-corrected chi connectivity index (χ4v) is 4.84. The Hall–Kier alpha value is -0.803. The highest BCUT2D eigenvalue weighted by Gasteiger charge is 2.28. The van der Waals surface area contributed by atoms with E-state index in [1.165, 1.54) is 23.7 Å². The van der Waals surface area contributed by atoms with Crippen LogP contribution in [0.1, 0.15) is 26.3 Å². The van der Waals surface area contributed by atoms with Crippen molar-refractivity contribution < 1.29 is 4.43 Å². The normalized spacial score (nSPS) is 11.7. The fraction of sp³-hybridized carbons (Fsp3) is 0.571. The average molecular weight is 251 g/mol. The number of hydrogen-bond donors (Lipinski definition) is 1. The lowest BCUT2D eigenvalue weighted by atomic mass is 10.1. The smallest absolute Gasteiger partial charge is 0.191 e. The molecule has 0 radical (unpaired) electrons. The van der Waals surface area contributed by atoms with Crippen LogP contribution >= 0.6 is 0 Å². The van der Waals surface area contributed by atoms with Crippen LogP contribution in [-0.4, -0.2) is 14.9 Å². The molecular weight excluding hydrogens is 226 g/mol. The van der Waals surface area contributed by atoms with Crippen molar-refractivity contribution in [3.8, 4) is 0 Å². The fourth-order valence-electron chi connectivity index (χ4n) is 2.20. The molecule has 0 atom stereocenters. The molecule has 1 aromatic carbocycles. The van der Waals surface area contributed by atoms with Crippen LogP contribution in [-0.2, 0) is 10.8 Å². The van der Waals surface area contributed by atoms with Crippen LogP contribution in [0.15, 0.2) is 24.3 Å². The summed E-state index contributed by atoms with van der Waals surface area (Å²) in [6.07, 6.45) is 0.932. The van der Waals surface area contributed by atoms with Gasteiger partial charge in [0.15, 0.2) is 8.32 Å². The molecule has 1 aromatic rings. The zero-order valence-corrected chi connectivity index (χ0v) is 12.3. The molecule has 2 nitrogen and oxygen atoms in total. The number of anilines is 1. The lowest BCUT2D eigenvalue weighted by Crippen LogP contribution is -2.36. The van der Waals surface area contributed by atoms with Crippen molar-refractivity contribution in [1.29, 1.82) is 0 Å². The van der Waals surface area contributed by atoms with E-state index in [-0.39, 0.29) is 0 Å². The summed E-state index contributed by atoms with van der Waals surface area (Å²) >= 11 is 0. The maximum atomic E-state index is 6.22. The Balaban J connectivity index is 2.49. The van der Waals surface area contributed by atoms with Crippen LogP contribution < -0.4 is 5.73 Å². The molecule has 17 heavy (non-hydrogen) atoms. The predicted octanol–water partition coefficient (Wildman–Crippen LogP) is 3.83. The summed E-state index contributed by atoms with van der Waals surface area (Å²) in [5, 5.41) is 0. The van der Waals surface area contributed by atoms with Crippen molar-refractivity contribution in [2.45, 2.75) is 45.3 Å². The van der Waals surface area contributed by atoms with Crippen molar-refractivity contribution in [2.75, 3.05) is 12.3 Å². The highest BCUT2D eigenvalue weighted by Crippen LogP contribution is 2.22. The van der Waals surface area contributed by atoms with Crippen LogP contribution in [0.5, 0.6) is 0 Å². The zero-order valence-electron chi connectivity index (χ0n) is 11.3. The number of benzene rings is 1. The summed E-state index contributed by atoms with van der Waals surface area (Å²) in [4.78, 5) is 0. The highest BCUT2D eigenvalue weighted by atomic mass is 28.4. The quantitative estimate of drug-likeness (QED) is 0.590. The molecule has 0 unspecified atom stereocenters. The van der Waals surface area contributed by atoms with E-state index in [0.717, 1.165) is 18.7 Å². The molecule has 1 rings (SSSR count). The second-order valence-corrected chi connectivity index (χ2v) is 9.32. The number of nitrogens with two attached hydrogens (primary N) is 1. The van der Waals surface area contributed by atoms with E-state index in [4.69, 9.17) is 10.2 Å². The van der Waals surface area contributed by atoms with Crippen molar-refractivity contribution >= 4 is 14.0 Å². The van der Waals surface area contributed by atoms with Gasteiger partial charge < -0.3 is 10.2 Å². The minimum atomic E-state index is -1.43. The Labute approximate surface area is 106 Å². The Morgan fingerprint density at radius 3 is 2.18 bits per heavy atom. The topological polar surface area (TPSA) is 35.2 Å². The third-order valence-electron chi connectivity index (χ3n) is 3.77. The molecule has 0 bridgehead atoms. The van der Waals surface area contributed by atoms with E-state index >= 15 is 0 Å². The molecule has 0 aliphatic heterocycles. The summed E-state index contributed by atoms with van der Waals surface area (Å²) in [5.41, 5.74) is 8.01. The second-order valence-electron chi connectivity index (χ2n) is 4.54. The van der Waals surface area contributed by atoms with E-state index in [0.29, 0.717) is 0 Å². The first-order valence-corrected chi connectivity index (χ1v) is 9.17. The van der Waals surface area contributed by atoms with E-state index < -0.39 is 8.32 Å². The van der Waals surface area contributed by atoms with Crippen molar-refractivity contribution in [2.24, 2.45) is 0 Å². The lowest BCUT2D eigenvalue weighted by molar-refractivity contribution is 0.304. The maximum absolute atomic E-state index is 6.22. The molecule has 2 N–H and O–H groups in total. The zero-order chi connectivity index (χ0) is 12.7. The largest absolute Gasteiger partial charge is 0.416 e. The van der Waals surface area contributed by atoms with Crippen LogP contribution in [0.2, 0.25) is 18.1 Å². The second kappa shape index (κ2) is 6.82. The van der Waals surface area contributed by atoms with Gasteiger partial charge in [-0.1, -0.05) is 39.0 Å². The highest BCUT2D eigenvalue weighted by molar-refractivity contribution is 6.73. The van der Waals surface area contributed by atoms with E-state index in [2.05, 4.69) is 26.8 Å². The Kier molecular flexibility index (Phi) is 5.72. The molecule has 0 aromatic heterocycles. The third kappa shape index (κ3) is 3.86. The molecule has 0 amide bonds. The summed E-state index contributed by atoms with van der Waals surface area (Å²) in [7, 11) is -1.43. The number of hydrogen-bond acceptors (Lipinski definition) is 2. The van der Waals surface area contributed by atoms with Crippen LogP contribution in [0.3, 0.4) is 0 Å². The summed E-state index contributed by atoms with van der Waals surface area (Å²) < 4.78 is 6.22. The summed E-state index contributed by atoms with van der Waals surface area (Å²) in [5.74, 6) is 0. The van der Waals surface area contributed by atoms with E-state index in [9.17, 15) is 0 Å². The number of nitrogen functional groups attached to an aromatic ring is 1. The van der Waals surface area contributed by atoms with Crippen LogP contribution in [0.4, 0.5) is 5.69 Å². The molecule has 0 aliphatic rings. The molecule has 0 spiro atoms. The van der Waals surface area contributed by atoms with E-state index in [1.54, 1.807) is 0 Å². The monoisotopic (exact) mass is 251 g/mol. The van der Waals surface area contributed by atoms with Gasteiger partial charge in [0.25, 0.3) is 0 Å². The predicted molar refractivity (Wildman–Crippen MR) is 77.7 cm³/mol. The van der Waals surface area contributed by atoms with Gasteiger partial charge >= 0.3 is 0 Å². The lowest BCUT2D eigenvalue weighted by Gasteiger charge is -2.28. The third-order valence-corrected chi connectivity index (χ3v) is 8.45. The molecule has 0 fully saturated rings. The standard InChI is InChI=1S/C14H25NOSi/c1-4-17(5-2,6-3)16-12-11-13-9-7-8-10-14(13)15/h7-10H,4-6,11-12,15H2,1-3H3. The molecule has 0 saturated heterocycles. The number of rotatable bonds is 7. The van der Waals surface area contributed by atoms with Gasteiger partial charge in [-0.2, -0.15) is 0 Å². The van der Waals surface area contributed by atoms with E-state index in [1.807, 2.05) is 18.2 Å². The minimum absolute atomic E-state index is 0.815. The van der Waals surface area contributed by atoms with Gasteiger partial charge in [0.1, 0.15) is 0 Å². The van der Waals surface area contributed by atoms with Crippen LogP contribution in [0.25, 0.3) is 0 Å². The van der Waals surface area contributed by atoms with Gasteiger partial charge in [-0.3, -0.25) is 0 Å². The Morgan fingerprint density at radius 1 is 1.06 bits per heavy atom. The Bertz CT molecular complexity index is 328. The van der Waals surface area contributed by atoms with Gasteiger partial charge in [-0.05, 0) is 36.2 Å². The molecular formula is C14H25NOSi. The van der Waals surface area contributed by atoms with Gasteiger partial charge in [-0.25, -0.2) is 0 Å². The molecule has 0 saturated carbocycles. The summed E-state index contributed by atoms with van der Waals surface area (Å²) in [6, 6.07) is 11.7. The van der Waals surface area contributed by atoms with Crippen molar-refractivity contribution in [3.05, 3.63) is 29.8 Å². The van der Waals surface area contributed by atoms with Crippen molar-refractivity contribution in [3.63, 3.8) is 0 Å². The van der Waals surface area contributed by atoms with Crippen molar-refractivity contribution in [1.82, 2.24) is 0 Å². The maximum Gasteiger partial charge on any atom is 0.191 e. The van der Waals surface area contributed by atoms with Gasteiger partial charge in [0.05, 0.1) is 0 Å². The average Bonchev–Trinajstić information content (AvgIpc) is 2.37. The van der Waals surface area contributed by atoms with Gasteiger partial charge in [0, 0.05) is 12.3 Å².